The molecule has 1 unspecified atom stereocenters. The summed E-state index contributed by atoms with van der Waals surface area (Å²) in [5, 5.41) is 14.8. The number of rotatable bonds is 6. The molecule has 3 N–H and O–H groups in total. The fourth-order valence-corrected chi connectivity index (χ4v) is 4.50. The highest BCUT2D eigenvalue weighted by atomic mass is 32.1. The van der Waals surface area contributed by atoms with Gasteiger partial charge in [0, 0.05) is 28.7 Å². The molecular formula is C28H25N5O2S. The monoisotopic (exact) mass is 495 g/mol. The Hall–Kier alpha value is -4.43. The molecule has 8 heteroatoms. The minimum atomic E-state index is -0.510. The maximum absolute atomic E-state index is 13.6. The lowest BCUT2D eigenvalue weighted by Crippen LogP contribution is -2.45. The highest BCUT2D eigenvalue weighted by Gasteiger charge is 2.33. The van der Waals surface area contributed by atoms with Crippen molar-refractivity contribution in [2.45, 2.75) is 13.0 Å². The number of allylic oxidation sites excluding steroid dienone is 1. The molecule has 0 aliphatic carbocycles. The molecule has 1 atom stereocenters. The van der Waals surface area contributed by atoms with E-state index in [1.165, 1.54) is 0 Å². The Morgan fingerprint density at radius 1 is 1.00 bits per heavy atom. The number of hydrogen-bond donors (Lipinski definition) is 3. The summed E-state index contributed by atoms with van der Waals surface area (Å²) in [6.07, 6.45) is 1.96. The molecule has 5 rings (SSSR count). The second kappa shape index (κ2) is 10.1. The standard InChI is InChI=1S/C28H25N5O2S/c1-18-24(27(34)30-20-13-15-22(35-2)16-14-20)26(31-28(36)29-18)23-17-33(21-11-7-4-8-12-21)32-25(23)19-9-5-3-6-10-19/h3-17,26H,1-2H3,(H,30,34)(H2,29,31,36). The maximum atomic E-state index is 13.6. The van der Waals surface area contributed by atoms with Gasteiger partial charge in [0.1, 0.15) is 5.75 Å². The van der Waals surface area contributed by atoms with Gasteiger partial charge in [0.25, 0.3) is 5.91 Å². The van der Waals surface area contributed by atoms with E-state index in [0.717, 1.165) is 22.5 Å². The van der Waals surface area contributed by atoms with E-state index in [1.54, 1.807) is 31.4 Å². The number of para-hydroxylation sites is 1. The molecule has 1 aromatic heterocycles. The number of thiocarbonyl (C=S) groups is 1. The number of methoxy groups -OCH3 is 1. The minimum Gasteiger partial charge on any atom is -0.497 e. The SMILES string of the molecule is COc1ccc(NC(=O)C2=C(C)NC(=S)NC2c2cn(-c3ccccc3)nc2-c2ccccc2)cc1. The number of nitrogens with zero attached hydrogens (tertiary/aromatic N) is 2. The fraction of sp³-hybridized carbons (Fsp3) is 0.107. The smallest absolute Gasteiger partial charge is 0.255 e. The molecule has 180 valence electrons. The van der Waals surface area contributed by atoms with Crippen LogP contribution >= 0.6 is 12.2 Å². The first-order valence-corrected chi connectivity index (χ1v) is 11.9. The van der Waals surface area contributed by atoms with E-state index in [-0.39, 0.29) is 5.91 Å². The topological polar surface area (TPSA) is 80.2 Å². The van der Waals surface area contributed by atoms with Crippen molar-refractivity contribution in [1.29, 1.82) is 0 Å². The van der Waals surface area contributed by atoms with Crippen molar-refractivity contribution in [2.75, 3.05) is 12.4 Å². The van der Waals surface area contributed by atoms with E-state index < -0.39 is 6.04 Å². The van der Waals surface area contributed by atoms with Crippen molar-refractivity contribution in [1.82, 2.24) is 20.4 Å². The third-order valence-electron chi connectivity index (χ3n) is 5.98. The molecule has 2 heterocycles. The lowest BCUT2D eigenvalue weighted by molar-refractivity contribution is -0.113. The number of ether oxygens (including phenoxy) is 1. The van der Waals surface area contributed by atoms with Gasteiger partial charge in [0.05, 0.1) is 30.1 Å². The summed E-state index contributed by atoms with van der Waals surface area (Å²) in [6, 6.07) is 26.5. The van der Waals surface area contributed by atoms with Gasteiger partial charge in [-0.25, -0.2) is 4.68 Å². The lowest BCUT2D eigenvalue weighted by Gasteiger charge is -2.30. The Balaban J connectivity index is 1.58. The third kappa shape index (κ3) is 4.71. The molecule has 0 spiro atoms. The van der Waals surface area contributed by atoms with E-state index >= 15 is 0 Å². The number of benzene rings is 3. The molecule has 0 fully saturated rings. The zero-order chi connectivity index (χ0) is 25.1. The van der Waals surface area contributed by atoms with Crippen LogP contribution in [0, 0.1) is 0 Å². The third-order valence-corrected chi connectivity index (χ3v) is 6.20. The summed E-state index contributed by atoms with van der Waals surface area (Å²) in [5.74, 6) is 0.477. The van der Waals surface area contributed by atoms with E-state index in [4.69, 9.17) is 22.1 Å². The second-order valence-corrected chi connectivity index (χ2v) is 8.74. The van der Waals surface area contributed by atoms with Crippen molar-refractivity contribution in [3.05, 3.63) is 108 Å². The Kier molecular flexibility index (Phi) is 6.51. The molecule has 1 aliphatic rings. The van der Waals surface area contributed by atoms with Gasteiger partial charge in [-0.2, -0.15) is 5.10 Å². The number of hydrogen-bond acceptors (Lipinski definition) is 4. The van der Waals surface area contributed by atoms with Gasteiger partial charge in [0.15, 0.2) is 5.11 Å². The van der Waals surface area contributed by atoms with Gasteiger partial charge in [-0.1, -0.05) is 48.5 Å². The predicted molar refractivity (Wildman–Crippen MR) is 145 cm³/mol. The molecular weight excluding hydrogens is 470 g/mol. The Morgan fingerprint density at radius 3 is 2.33 bits per heavy atom. The molecule has 4 aromatic rings. The van der Waals surface area contributed by atoms with Gasteiger partial charge in [-0.05, 0) is 55.5 Å². The van der Waals surface area contributed by atoms with Crippen molar-refractivity contribution in [2.24, 2.45) is 0 Å². The average Bonchev–Trinajstić information content (AvgIpc) is 3.35. The molecule has 1 amide bonds. The van der Waals surface area contributed by atoms with Gasteiger partial charge in [-0.15, -0.1) is 0 Å². The van der Waals surface area contributed by atoms with Crippen LogP contribution in [0.2, 0.25) is 0 Å². The van der Waals surface area contributed by atoms with Crippen LogP contribution in [0.15, 0.2) is 102 Å². The van der Waals surface area contributed by atoms with E-state index in [9.17, 15) is 4.79 Å². The first-order chi connectivity index (χ1) is 17.5. The highest BCUT2D eigenvalue weighted by molar-refractivity contribution is 7.80. The van der Waals surface area contributed by atoms with E-state index in [2.05, 4.69) is 16.0 Å². The van der Waals surface area contributed by atoms with E-state index in [0.29, 0.717) is 27.8 Å². The van der Waals surface area contributed by atoms with Crippen LogP contribution in [0.4, 0.5) is 5.69 Å². The molecule has 36 heavy (non-hydrogen) atoms. The van der Waals surface area contributed by atoms with E-state index in [1.807, 2.05) is 78.5 Å². The molecule has 0 saturated carbocycles. The van der Waals surface area contributed by atoms with Gasteiger partial charge in [-0.3, -0.25) is 4.79 Å². The maximum Gasteiger partial charge on any atom is 0.255 e. The summed E-state index contributed by atoms with van der Waals surface area (Å²) in [4.78, 5) is 13.6. The van der Waals surface area contributed by atoms with Crippen LogP contribution in [-0.2, 0) is 4.79 Å². The van der Waals surface area contributed by atoms with Gasteiger partial charge in [0.2, 0.25) is 0 Å². The first kappa shape index (κ1) is 23.3. The molecule has 0 saturated heterocycles. The summed E-state index contributed by atoms with van der Waals surface area (Å²) in [6.45, 7) is 1.85. The summed E-state index contributed by atoms with van der Waals surface area (Å²) in [5.41, 5.74) is 5.35. The highest BCUT2D eigenvalue weighted by Crippen LogP contribution is 2.35. The average molecular weight is 496 g/mol. The van der Waals surface area contributed by atoms with Crippen molar-refractivity contribution in [3.63, 3.8) is 0 Å². The Bertz CT molecular complexity index is 1430. The summed E-state index contributed by atoms with van der Waals surface area (Å²) >= 11 is 5.49. The molecule has 0 bridgehead atoms. The lowest BCUT2D eigenvalue weighted by atomic mass is 9.93. The summed E-state index contributed by atoms with van der Waals surface area (Å²) in [7, 11) is 1.61. The first-order valence-electron chi connectivity index (χ1n) is 11.5. The number of carbonyl (C=O) groups is 1. The van der Waals surface area contributed by atoms with Crippen LogP contribution in [0.5, 0.6) is 5.75 Å². The number of amides is 1. The zero-order valence-corrected chi connectivity index (χ0v) is 20.7. The van der Waals surface area contributed by atoms with Crippen LogP contribution in [0.1, 0.15) is 18.5 Å². The normalized spacial score (nSPS) is 15.2. The number of anilines is 1. The van der Waals surface area contributed by atoms with Crippen molar-refractivity contribution < 1.29 is 9.53 Å². The van der Waals surface area contributed by atoms with Gasteiger partial charge >= 0.3 is 0 Å². The number of aromatic nitrogens is 2. The molecule has 0 radical (unpaired) electrons. The Morgan fingerprint density at radius 2 is 1.67 bits per heavy atom. The quantitative estimate of drug-likeness (QED) is 0.328. The Labute approximate surface area is 214 Å². The van der Waals surface area contributed by atoms with Crippen molar-refractivity contribution >= 4 is 28.9 Å². The largest absolute Gasteiger partial charge is 0.497 e. The summed E-state index contributed by atoms with van der Waals surface area (Å²) < 4.78 is 7.05. The van der Waals surface area contributed by atoms with Gasteiger partial charge < -0.3 is 20.7 Å². The van der Waals surface area contributed by atoms with Crippen LogP contribution in [-0.4, -0.2) is 27.9 Å². The number of carbonyl (C=O) groups excluding carboxylic acids is 1. The number of nitrogens with one attached hydrogen (secondary N) is 3. The zero-order valence-electron chi connectivity index (χ0n) is 19.9. The predicted octanol–water partition coefficient (Wildman–Crippen LogP) is 4.98. The van der Waals surface area contributed by atoms with Crippen LogP contribution < -0.4 is 20.7 Å². The van der Waals surface area contributed by atoms with Crippen molar-refractivity contribution in [3.8, 4) is 22.7 Å². The molecule has 3 aromatic carbocycles. The second-order valence-electron chi connectivity index (χ2n) is 8.33. The van der Waals surface area contributed by atoms with Crippen LogP contribution in [0.25, 0.3) is 16.9 Å². The minimum absolute atomic E-state index is 0.239. The molecule has 1 aliphatic heterocycles. The molecule has 7 nitrogen and oxygen atoms in total. The fourth-order valence-electron chi connectivity index (χ4n) is 4.23. The van der Waals surface area contributed by atoms with Crippen LogP contribution in [0.3, 0.4) is 0 Å².